The van der Waals surface area contributed by atoms with Crippen LogP contribution in [0.25, 0.3) is 0 Å². The molecule has 0 bridgehead atoms. The fourth-order valence-corrected chi connectivity index (χ4v) is 2.43. The van der Waals surface area contributed by atoms with Gasteiger partial charge in [0.25, 0.3) is 0 Å². The Bertz CT molecular complexity index is 644. The number of aryl methyl sites for hydroxylation is 1. The van der Waals surface area contributed by atoms with E-state index in [-0.39, 0.29) is 5.41 Å². The first kappa shape index (κ1) is 17.4. The molecule has 2 N–H and O–H groups in total. The Balaban J connectivity index is 1.94. The molecule has 0 radical (unpaired) electrons. The molecule has 0 aromatic heterocycles. The molecular weight excluding hydrogens is 286 g/mol. The summed E-state index contributed by atoms with van der Waals surface area (Å²) in [4.78, 5) is 0. The van der Waals surface area contributed by atoms with Gasteiger partial charge >= 0.3 is 0 Å². The monoisotopic (exact) mass is 313 g/mol. The summed E-state index contributed by atoms with van der Waals surface area (Å²) in [6.07, 6.45) is 0. The van der Waals surface area contributed by atoms with Gasteiger partial charge < -0.3 is 15.2 Å². The van der Waals surface area contributed by atoms with Gasteiger partial charge in [-0.3, -0.25) is 0 Å². The molecule has 0 amide bonds. The maximum atomic E-state index is 5.95. The van der Waals surface area contributed by atoms with Gasteiger partial charge in [-0.15, -0.1) is 0 Å². The number of hydrogen-bond acceptors (Lipinski definition) is 3. The molecule has 0 atom stereocenters. The quantitative estimate of drug-likeness (QED) is 0.813. The minimum atomic E-state index is 0.0532. The molecule has 0 fully saturated rings. The number of nitrogens with two attached hydrogens (primary N) is 1. The average Bonchev–Trinajstić information content (AvgIpc) is 2.52. The smallest absolute Gasteiger partial charge is 0.123 e. The van der Waals surface area contributed by atoms with E-state index in [4.69, 9.17) is 15.2 Å². The Morgan fingerprint density at radius 1 is 0.957 bits per heavy atom. The second-order valence-corrected chi connectivity index (χ2v) is 6.80. The van der Waals surface area contributed by atoms with Gasteiger partial charge in [-0.05, 0) is 41.7 Å². The van der Waals surface area contributed by atoms with E-state index in [0.29, 0.717) is 19.8 Å². The highest BCUT2D eigenvalue weighted by Crippen LogP contribution is 2.32. The molecule has 124 valence electrons. The van der Waals surface area contributed by atoms with Crippen LogP contribution in [0.1, 0.15) is 37.5 Å². The predicted molar refractivity (Wildman–Crippen MR) is 95.2 cm³/mol. The summed E-state index contributed by atoms with van der Waals surface area (Å²) in [7, 11) is 0. The lowest BCUT2D eigenvalue weighted by Gasteiger charge is -2.23. The minimum absolute atomic E-state index is 0.0532. The van der Waals surface area contributed by atoms with Crippen molar-refractivity contribution in [3.05, 3.63) is 59.2 Å². The zero-order valence-electron chi connectivity index (χ0n) is 14.6. The number of ether oxygens (including phenoxy) is 2. The van der Waals surface area contributed by atoms with Crippen molar-refractivity contribution in [2.45, 2.75) is 39.7 Å². The fraction of sp³-hybridized carbons (Fsp3) is 0.400. The van der Waals surface area contributed by atoms with Crippen LogP contribution in [-0.2, 0) is 12.0 Å². The third kappa shape index (κ3) is 5.00. The van der Waals surface area contributed by atoms with Gasteiger partial charge in [0.05, 0.1) is 0 Å². The molecule has 0 heterocycles. The standard InChI is InChI=1S/C20H27NO2/c1-15-8-9-19(18(12-15)20(2,3)4)23-11-10-22-17-7-5-6-16(13-17)14-21/h5-9,12-13H,10-11,14,21H2,1-4H3. The molecule has 0 spiro atoms. The Kier molecular flexibility index (Phi) is 5.67. The van der Waals surface area contributed by atoms with E-state index in [2.05, 4.69) is 39.8 Å². The Hall–Kier alpha value is -2.00. The van der Waals surface area contributed by atoms with Crippen molar-refractivity contribution in [1.82, 2.24) is 0 Å². The third-order valence-corrected chi connectivity index (χ3v) is 3.69. The molecule has 0 unspecified atom stereocenters. The summed E-state index contributed by atoms with van der Waals surface area (Å²) in [5.74, 6) is 1.76. The van der Waals surface area contributed by atoms with Crippen LogP contribution >= 0.6 is 0 Å². The molecule has 0 saturated carbocycles. The lowest BCUT2D eigenvalue weighted by atomic mass is 9.85. The highest BCUT2D eigenvalue weighted by Gasteiger charge is 2.19. The Morgan fingerprint density at radius 2 is 1.70 bits per heavy atom. The maximum absolute atomic E-state index is 5.95. The van der Waals surface area contributed by atoms with E-state index < -0.39 is 0 Å². The normalized spacial score (nSPS) is 11.3. The van der Waals surface area contributed by atoms with Crippen LogP contribution < -0.4 is 15.2 Å². The topological polar surface area (TPSA) is 44.5 Å². The molecule has 0 aliphatic carbocycles. The number of rotatable bonds is 6. The zero-order chi connectivity index (χ0) is 16.9. The summed E-state index contributed by atoms with van der Waals surface area (Å²) in [6, 6.07) is 14.2. The van der Waals surface area contributed by atoms with Crippen molar-refractivity contribution in [1.29, 1.82) is 0 Å². The Labute approximate surface area is 139 Å². The van der Waals surface area contributed by atoms with Crippen LogP contribution in [0, 0.1) is 6.92 Å². The van der Waals surface area contributed by atoms with Crippen LogP contribution in [-0.4, -0.2) is 13.2 Å². The van der Waals surface area contributed by atoms with Gasteiger partial charge in [0.1, 0.15) is 24.7 Å². The van der Waals surface area contributed by atoms with Gasteiger partial charge in [-0.25, -0.2) is 0 Å². The minimum Gasteiger partial charge on any atom is -0.490 e. The number of hydrogen-bond donors (Lipinski definition) is 1. The van der Waals surface area contributed by atoms with Gasteiger partial charge in [-0.1, -0.05) is 50.6 Å². The van der Waals surface area contributed by atoms with Crippen molar-refractivity contribution in [3.8, 4) is 11.5 Å². The van der Waals surface area contributed by atoms with E-state index in [1.807, 2.05) is 30.3 Å². The van der Waals surface area contributed by atoms with E-state index in [9.17, 15) is 0 Å². The lowest BCUT2D eigenvalue weighted by Crippen LogP contribution is -2.16. The summed E-state index contributed by atoms with van der Waals surface area (Å²) < 4.78 is 11.7. The summed E-state index contributed by atoms with van der Waals surface area (Å²) in [5.41, 5.74) is 9.23. The van der Waals surface area contributed by atoms with Crippen LogP contribution in [0.3, 0.4) is 0 Å². The van der Waals surface area contributed by atoms with Crippen molar-refractivity contribution in [2.75, 3.05) is 13.2 Å². The summed E-state index contributed by atoms with van der Waals surface area (Å²) in [6.45, 7) is 10.2. The average molecular weight is 313 g/mol. The van der Waals surface area contributed by atoms with Crippen LogP contribution in [0.2, 0.25) is 0 Å². The van der Waals surface area contributed by atoms with Crippen molar-refractivity contribution >= 4 is 0 Å². The van der Waals surface area contributed by atoms with Crippen molar-refractivity contribution < 1.29 is 9.47 Å². The molecule has 23 heavy (non-hydrogen) atoms. The van der Waals surface area contributed by atoms with Gasteiger partial charge in [0.15, 0.2) is 0 Å². The van der Waals surface area contributed by atoms with Crippen LogP contribution in [0.5, 0.6) is 11.5 Å². The zero-order valence-corrected chi connectivity index (χ0v) is 14.6. The summed E-state index contributed by atoms with van der Waals surface area (Å²) in [5, 5.41) is 0. The second kappa shape index (κ2) is 7.51. The van der Waals surface area contributed by atoms with Crippen molar-refractivity contribution in [3.63, 3.8) is 0 Å². The maximum Gasteiger partial charge on any atom is 0.123 e. The molecule has 3 nitrogen and oxygen atoms in total. The fourth-order valence-electron chi connectivity index (χ4n) is 2.43. The number of benzene rings is 2. The highest BCUT2D eigenvalue weighted by atomic mass is 16.5. The largest absolute Gasteiger partial charge is 0.490 e. The molecule has 0 aliphatic rings. The Morgan fingerprint density at radius 3 is 2.39 bits per heavy atom. The second-order valence-electron chi connectivity index (χ2n) is 6.80. The lowest BCUT2D eigenvalue weighted by molar-refractivity contribution is 0.214. The van der Waals surface area contributed by atoms with Crippen LogP contribution in [0.15, 0.2) is 42.5 Å². The highest BCUT2D eigenvalue weighted by molar-refractivity contribution is 5.41. The molecule has 0 saturated heterocycles. The molecular formula is C20H27NO2. The van der Waals surface area contributed by atoms with Gasteiger partial charge in [0, 0.05) is 6.54 Å². The first-order valence-corrected chi connectivity index (χ1v) is 8.06. The van der Waals surface area contributed by atoms with E-state index >= 15 is 0 Å². The molecule has 3 heteroatoms. The van der Waals surface area contributed by atoms with Crippen molar-refractivity contribution in [2.24, 2.45) is 5.73 Å². The van der Waals surface area contributed by atoms with Gasteiger partial charge in [0.2, 0.25) is 0 Å². The van der Waals surface area contributed by atoms with Crippen LogP contribution in [0.4, 0.5) is 0 Å². The SMILES string of the molecule is Cc1ccc(OCCOc2cccc(CN)c2)c(C(C)(C)C)c1. The molecule has 2 rings (SSSR count). The molecule has 2 aromatic rings. The first-order chi connectivity index (χ1) is 10.9. The van der Waals surface area contributed by atoms with E-state index in [0.717, 1.165) is 17.1 Å². The van der Waals surface area contributed by atoms with E-state index in [1.165, 1.54) is 11.1 Å². The predicted octanol–water partition coefficient (Wildman–Crippen LogP) is 4.21. The van der Waals surface area contributed by atoms with Gasteiger partial charge in [-0.2, -0.15) is 0 Å². The third-order valence-electron chi connectivity index (χ3n) is 3.69. The van der Waals surface area contributed by atoms with E-state index in [1.54, 1.807) is 0 Å². The molecule has 0 aliphatic heterocycles. The molecule has 2 aromatic carbocycles. The summed E-state index contributed by atoms with van der Waals surface area (Å²) >= 11 is 0. The first-order valence-electron chi connectivity index (χ1n) is 8.06.